The second kappa shape index (κ2) is 6.55. The van der Waals surface area contributed by atoms with Gasteiger partial charge in [-0.2, -0.15) is 4.31 Å². The molecule has 2 rings (SSSR count). The van der Waals surface area contributed by atoms with E-state index in [2.05, 4.69) is 0 Å². The minimum absolute atomic E-state index is 0.139. The molecule has 1 atom stereocenters. The van der Waals surface area contributed by atoms with Crippen LogP contribution in [0, 0.1) is 0 Å². The SMILES string of the molecule is COC(=O)c1ccccc1CS(=O)(=O)N1CCCC1CN. The van der Waals surface area contributed by atoms with Gasteiger partial charge in [-0.25, -0.2) is 13.2 Å². The molecule has 1 saturated heterocycles. The first-order valence-electron chi connectivity index (χ1n) is 6.85. The minimum atomic E-state index is -3.49. The molecular formula is C14H20N2O4S. The monoisotopic (exact) mass is 312 g/mol. The van der Waals surface area contributed by atoms with Crippen molar-refractivity contribution < 1.29 is 17.9 Å². The van der Waals surface area contributed by atoms with Crippen LogP contribution in [0.25, 0.3) is 0 Å². The number of carbonyl (C=O) groups excluding carboxylic acids is 1. The Morgan fingerprint density at radius 1 is 1.43 bits per heavy atom. The average molecular weight is 312 g/mol. The van der Waals surface area contributed by atoms with E-state index in [9.17, 15) is 13.2 Å². The summed E-state index contributed by atoms with van der Waals surface area (Å²) >= 11 is 0. The molecule has 0 saturated carbocycles. The second-order valence-electron chi connectivity index (χ2n) is 5.05. The van der Waals surface area contributed by atoms with Gasteiger partial charge in [-0.05, 0) is 24.5 Å². The first-order chi connectivity index (χ1) is 9.99. The van der Waals surface area contributed by atoms with E-state index in [4.69, 9.17) is 10.5 Å². The quantitative estimate of drug-likeness (QED) is 0.809. The first kappa shape index (κ1) is 15.9. The zero-order chi connectivity index (χ0) is 15.5. The van der Waals surface area contributed by atoms with Gasteiger partial charge in [0.2, 0.25) is 10.0 Å². The Balaban J connectivity index is 2.27. The number of ether oxygens (including phenoxy) is 1. The molecule has 7 heteroatoms. The van der Waals surface area contributed by atoms with Crippen molar-refractivity contribution in [3.8, 4) is 0 Å². The zero-order valence-electron chi connectivity index (χ0n) is 12.0. The Morgan fingerprint density at radius 2 is 2.14 bits per heavy atom. The highest BCUT2D eigenvalue weighted by molar-refractivity contribution is 7.88. The third-order valence-corrected chi connectivity index (χ3v) is 5.58. The molecule has 1 aromatic rings. The summed E-state index contributed by atoms with van der Waals surface area (Å²) in [7, 11) is -2.22. The van der Waals surface area contributed by atoms with Gasteiger partial charge >= 0.3 is 5.97 Å². The van der Waals surface area contributed by atoms with E-state index < -0.39 is 16.0 Å². The van der Waals surface area contributed by atoms with Gasteiger partial charge in [-0.15, -0.1) is 0 Å². The van der Waals surface area contributed by atoms with Gasteiger partial charge in [-0.3, -0.25) is 0 Å². The molecular weight excluding hydrogens is 292 g/mol. The molecule has 0 amide bonds. The van der Waals surface area contributed by atoms with Crippen LogP contribution in [0.15, 0.2) is 24.3 Å². The molecule has 2 N–H and O–H groups in total. The lowest BCUT2D eigenvalue weighted by Gasteiger charge is -2.23. The predicted molar refractivity (Wildman–Crippen MR) is 79.2 cm³/mol. The molecule has 1 heterocycles. The lowest BCUT2D eigenvalue weighted by atomic mass is 10.1. The fourth-order valence-corrected chi connectivity index (χ4v) is 4.51. The van der Waals surface area contributed by atoms with Gasteiger partial charge in [-0.1, -0.05) is 18.2 Å². The van der Waals surface area contributed by atoms with Gasteiger partial charge in [0.15, 0.2) is 0 Å². The van der Waals surface area contributed by atoms with E-state index in [1.807, 2.05) is 0 Å². The number of nitrogens with zero attached hydrogens (tertiary/aromatic N) is 1. The summed E-state index contributed by atoms with van der Waals surface area (Å²) in [5.41, 5.74) is 6.37. The summed E-state index contributed by atoms with van der Waals surface area (Å²) in [5.74, 6) is -0.744. The summed E-state index contributed by atoms with van der Waals surface area (Å²) < 4.78 is 31.3. The Morgan fingerprint density at radius 3 is 2.81 bits per heavy atom. The Kier molecular flexibility index (Phi) is 4.97. The average Bonchev–Trinajstić information content (AvgIpc) is 2.96. The highest BCUT2D eigenvalue weighted by atomic mass is 32.2. The van der Waals surface area contributed by atoms with Crippen LogP contribution in [-0.2, 0) is 20.5 Å². The molecule has 116 valence electrons. The predicted octanol–water partition coefficient (Wildman–Crippen LogP) is 0.726. The number of hydrogen-bond acceptors (Lipinski definition) is 5. The lowest BCUT2D eigenvalue weighted by molar-refractivity contribution is 0.0600. The van der Waals surface area contributed by atoms with E-state index in [-0.39, 0.29) is 17.4 Å². The van der Waals surface area contributed by atoms with Gasteiger partial charge in [0.05, 0.1) is 18.4 Å². The molecule has 21 heavy (non-hydrogen) atoms. The van der Waals surface area contributed by atoms with Crippen molar-refractivity contribution in [3.63, 3.8) is 0 Å². The van der Waals surface area contributed by atoms with Crippen LogP contribution in [-0.4, -0.2) is 44.9 Å². The topological polar surface area (TPSA) is 89.7 Å². The fraction of sp³-hybridized carbons (Fsp3) is 0.500. The van der Waals surface area contributed by atoms with Crippen LogP contribution >= 0.6 is 0 Å². The molecule has 6 nitrogen and oxygen atoms in total. The van der Waals surface area contributed by atoms with E-state index in [1.165, 1.54) is 11.4 Å². The maximum absolute atomic E-state index is 12.6. The van der Waals surface area contributed by atoms with E-state index in [1.54, 1.807) is 24.3 Å². The van der Waals surface area contributed by atoms with Gasteiger partial charge < -0.3 is 10.5 Å². The molecule has 0 aromatic heterocycles. The standard InChI is InChI=1S/C14H20N2O4S/c1-20-14(17)13-7-3-2-5-11(13)10-21(18,19)16-8-4-6-12(16)9-15/h2-3,5,7,12H,4,6,8-10,15H2,1H3. The third-order valence-electron chi connectivity index (χ3n) is 3.71. The van der Waals surface area contributed by atoms with E-state index in [0.29, 0.717) is 18.7 Å². The molecule has 0 radical (unpaired) electrons. The molecule has 0 bridgehead atoms. The minimum Gasteiger partial charge on any atom is -0.465 e. The van der Waals surface area contributed by atoms with Crippen molar-refractivity contribution in [2.75, 3.05) is 20.2 Å². The molecule has 1 aromatic carbocycles. The van der Waals surface area contributed by atoms with Crippen molar-refractivity contribution in [1.29, 1.82) is 0 Å². The van der Waals surface area contributed by atoms with Crippen molar-refractivity contribution in [2.45, 2.75) is 24.6 Å². The highest BCUT2D eigenvalue weighted by Gasteiger charge is 2.33. The molecule has 0 spiro atoms. The molecule has 0 aliphatic carbocycles. The van der Waals surface area contributed by atoms with Gasteiger partial charge in [0.25, 0.3) is 0 Å². The largest absolute Gasteiger partial charge is 0.465 e. The number of sulfonamides is 1. The van der Waals surface area contributed by atoms with E-state index >= 15 is 0 Å². The van der Waals surface area contributed by atoms with Crippen molar-refractivity contribution >= 4 is 16.0 Å². The van der Waals surface area contributed by atoms with Crippen LogP contribution in [0.4, 0.5) is 0 Å². The number of methoxy groups -OCH3 is 1. The Bertz CT molecular complexity index is 615. The number of esters is 1. The van der Waals surface area contributed by atoms with Gasteiger partial charge in [0.1, 0.15) is 0 Å². The normalized spacial score (nSPS) is 19.6. The smallest absolute Gasteiger partial charge is 0.338 e. The zero-order valence-corrected chi connectivity index (χ0v) is 12.8. The first-order valence-corrected chi connectivity index (χ1v) is 8.46. The molecule has 1 unspecified atom stereocenters. The number of benzene rings is 1. The maximum Gasteiger partial charge on any atom is 0.338 e. The Labute approximate surface area is 124 Å². The number of nitrogens with two attached hydrogens (primary N) is 1. The van der Waals surface area contributed by atoms with Crippen LogP contribution in [0.2, 0.25) is 0 Å². The summed E-state index contributed by atoms with van der Waals surface area (Å²) in [6.07, 6.45) is 1.61. The summed E-state index contributed by atoms with van der Waals surface area (Å²) in [6.45, 7) is 0.808. The third kappa shape index (κ3) is 3.42. The van der Waals surface area contributed by atoms with Crippen molar-refractivity contribution in [3.05, 3.63) is 35.4 Å². The number of carbonyl (C=O) groups is 1. The van der Waals surface area contributed by atoms with E-state index in [0.717, 1.165) is 12.8 Å². The summed E-state index contributed by atoms with van der Waals surface area (Å²) in [5, 5.41) is 0. The molecule has 1 aliphatic heterocycles. The Hall–Kier alpha value is -1.44. The maximum atomic E-state index is 12.6. The lowest BCUT2D eigenvalue weighted by Crippen LogP contribution is -2.40. The summed E-state index contributed by atoms with van der Waals surface area (Å²) in [4.78, 5) is 11.7. The highest BCUT2D eigenvalue weighted by Crippen LogP contribution is 2.24. The van der Waals surface area contributed by atoms with Crippen molar-refractivity contribution in [2.24, 2.45) is 5.73 Å². The fourth-order valence-electron chi connectivity index (χ4n) is 2.65. The number of hydrogen-bond donors (Lipinski definition) is 1. The second-order valence-corrected chi connectivity index (χ2v) is 6.97. The number of rotatable bonds is 5. The molecule has 1 fully saturated rings. The van der Waals surface area contributed by atoms with Gasteiger partial charge in [0, 0.05) is 19.1 Å². The summed E-state index contributed by atoms with van der Waals surface area (Å²) in [6, 6.07) is 6.46. The van der Waals surface area contributed by atoms with Crippen LogP contribution in [0.1, 0.15) is 28.8 Å². The molecule has 1 aliphatic rings. The van der Waals surface area contributed by atoms with Crippen molar-refractivity contribution in [1.82, 2.24) is 4.31 Å². The van der Waals surface area contributed by atoms with Crippen LogP contribution in [0.5, 0.6) is 0 Å². The van der Waals surface area contributed by atoms with Crippen LogP contribution in [0.3, 0.4) is 0 Å². The van der Waals surface area contributed by atoms with Crippen LogP contribution < -0.4 is 5.73 Å².